The van der Waals surface area contributed by atoms with Crippen molar-refractivity contribution in [3.63, 3.8) is 0 Å². The number of benzene rings is 1. The number of hydrogen-bond donors (Lipinski definition) is 4. The van der Waals surface area contributed by atoms with Crippen LogP contribution in [0.4, 0.5) is 0 Å². The molecule has 1 rings (SSSR count). The number of aliphatic hydroxyl groups is 2. The van der Waals surface area contributed by atoms with Crippen molar-refractivity contribution in [2.45, 2.75) is 103 Å². The van der Waals surface area contributed by atoms with E-state index in [9.17, 15) is 19.8 Å². The monoisotopic (exact) mass is 510 g/mol. The second-order valence-electron chi connectivity index (χ2n) is 9.26. The predicted molar refractivity (Wildman–Crippen MR) is 139 cm³/mol. The molecule has 0 radical (unpaired) electrons. The molecule has 0 bridgehead atoms. The van der Waals surface area contributed by atoms with Crippen LogP contribution in [0.1, 0.15) is 123 Å². The van der Waals surface area contributed by atoms with Crippen LogP contribution >= 0.6 is 0 Å². The first-order chi connectivity index (χ1) is 17.5. The summed E-state index contributed by atoms with van der Waals surface area (Å²) in [5.74, 6) is -2.26. The second-order valence-corrected chi connectivity index (χ2v) is 9.26. The first kappa shape index (κ1) is 31.7. The summed E-state index contributed by atoms with van der Waals surface area (Å²) < 4.78 is 11.3. The number of ether oxygens (including phenoxy) is 2. The molecule has 0 aromatic heterocycles. The van der Waals surface area contributed by atoms with Gasteiger partial charge >= 0.3 is 11.9 Å². The number of carboxylic acids is 2. The molecule has 36 heavy (non-hydrogen) atoms. The van der Waals surface area contributed by atoms with Crippen molar-refractivity contribution < 1.29 is 39.5 Å². The van der Waals surface area contributed by atoms with E-state index in [1.54, 1.807) is 0 Å². The Bertz CT molecular complexity index is 673. The van der Waals surface area contributed by atoms with Crippen LogP contribution in [0, 0.1) is 0 Å². The molecule has 0 heterocycles. The Labute approximate surface area is 215 Å². The standard InChI is InChI=1S/C28H46O8/c29-17-13-9-5-1-3-7-11-15-19-35-25-21-24(28(33)34)26(22-23(25)27(31)32)36-20-16-12-8-4-2-6-10-14-18-30/h21-22,29-30H,1-20H2,(H,31,32)(H,33,34). The van der Waals surface area contributed by atoms with Gasteiger partial charge in [0.25, 0.3) is 0 Å². The highest BCUT2D eigenvalue weighted by Crippen LogP contribution is 2.30. The van der Waals surface area contributed by atoms with Gasteiger partial charge in [0.15, 0.2) is 0 Å². The lowest BCUT2D eigenvalue weighted by molar-refractivity contribution is 0.0672. The number of aliphatic hydroxyl groups excluding tert-OH is 2. The molecule has 206 valence electrons. The maximum absolute atomic E-state index is 11.8. The molecular weight excluding hydrogens is 464 g/mol. The fraction of sp³-hybridized carbons (Fsp3) is 0.714. The van der Waals surface area contributed by atoms with Gasteiger partial charge in [-0.15, -0.1) is 0 Å². The van der Waals surface area contributed by atoms with Crippen LogP contribution in [-0.2, 0) is 0 Å². The van der Waals surface area contributed by atoms with Gasteiger partial charge in [-0.2, -0.15) is 0 Å². The molecule has 4 N–H and O–H groups in total. The Balaban J connectivity index is 2.46. The molecule has 8 heteroatoms. The van der Waals surface area contributed by atoms with Crippen molar-refractivity contribution in [1.82, 2.24) is 0 Å². The molecule has 0 aliphatic heterocycles. The lowest BCUT2D eigenvalue weighted by atomic mass is 10.1. The lowest BCUT2D eigenvalue weighted by Crippen LogP contribution is -2.10. The summed E-state index contributed by atoms with van der Waals surface area (Å²) in [7, 11) is 0. The van der Waals surface area contributed by atoms with E-state index in [1.807, 2.05) is 0 Å². The molecule has 8 nitrogen and oxygen atoms in total. The molecule has 0 fully saturated rings. The predicted octanol–water partition coefficient (Wildman–Crippen LogP) is 6.07. The smallest absolute Gasteiger partial charge is 0.339 e. The largest absolute Gasteiger partial charge is 0.493 e. The minimum atomic E-state index is -1.18. The number of rotatable bonds is 24. The van der Waals surface area contributed by atoms with Crippen LogP contribution in [0.5, 0.6) is 11.5 Å². The van der Waals surface area contributed by atoms with Crippen LogP contribution in [-0.4, -0.2) is 58.8 Å². The highest BCUT2D eigenvalue weighted by atomic mass is 16.5. The molecule has 1 aromatic carbocycles. The molecule has 0 aliphatic rings. The van der Waals surface area contributed by atoms with E-state index >= 15 is 0 Å². The number of carbonyl (C=O) groups is 2. The summed E-state index contributed by atoms with van der Waals surface area (Å²) in [5, 5.41) is 36.8. The van der Waals surface area contributed by atoms with Crippen LogP contribution in [0.25, 0.3) is 0 Å². The molecule has 0 saturated heterocycles. The summed E-state index contributed by atoms with van der Waals surface area (Å²) in [6.07, 6.45) is 16.1. The molecule has 1 aromatic rings. The molecule has 0 amide bonds. The van der Waals surface area contributed by atoms with Gasteiger partial charge in [0.1, 0.15) is 22.6 Å². The zero-order chi connectivity index (χ0) is 26.4. The van der Waals surface area contributed by atoms with E-state index in [1.165, 1.54) is 12.1 Å². The third-order valence-electron chi connectivity index (χ3n) is 6.16. The average molecular weight is 511 g/mol. The Morgan fingerprint density at radius 2 is 0.778 bits per heavy atom. The van der Waals surface area contributed by atoms with Crippen molar-refractivity contribution in [3.05, 3.63) is 23.3 Å². The summed E-state index contributed by atoms with van der Waals surface area (Å²) >= 11 is 0. The minimum absolute atomic E-state index is 0.0532. The molecule has 0 aliphatic carbocycles. The number of carboxylic acid groups (broad SMARTS) is 2. The zero-order valence-corrected chi connectivity index (χ0v) is 21.7. The Kier molecular flexibility index (Phi) is 18.3. The zero-order valence-electron chi connectivity index (χ0n) is 21.7. The number of aromatic carboxylic acids is 2. The van der Waals surface area contributed by atoms with E-state index in [4.69, 9.17) is 19.7 Å². The average Bonchev–Trinajstić information content (AvgIpc) is 2.86. The maximum atomic E-state index is 11.8. The van der Waals surface area contributed by atoms with Gasteiger partial charge in [-0.05, 0) is 37.8 Å². The van der Waals surface area contributed by atoms with E-state index in [0.29, 0.717) is 13.2 Å². The van der Waals surface area contributed by atoms with Crippen molar-refractivity contribution in [2.75, 3.05) is 26.4 Å². The van der Waals surface area contributed by atoms with Crippen LogP contribution in [0.15, 0.2) is 12.1 Å². The fourth-order valence-corrected chi connectivity index (χ4v) is 4.05. The number of unbranched alkanes of at least 4 members (excludes halogenated alkanes) is 14. The van der Waals surface area contributed by atoms with Crippen molar-refractivity contribution >= 4 is 11.9 Å². The summed E-state index contributed by atoms with van der Waals surface area (Å²) in [5.41, 5.74) is -0.191. The first-order valence-corrected chi connectivity index (χ1v) is 13.6. The maximum Gasteiger partial charge on any atom is 0.339 e. The second kappa shape index (κ2) is 20.8. The minimum Gasteiger partial charge on any atom is -0.493 e. The highest BCUT2D eigenvalue weighted by Gasteiger charge is 2.21. The van der Waals surface area contributed by atoms with Gasteiger partial charge in [-0.25, -0.2) is 9.59 Å². The number of hydrogen-bond acceptors (Lipinski definition) is 6. The van der Waals surface area contributed by atoms with Crippen LogP contribution < -0.4 is 9.47 Å². The molecule has 0 atom stereocenters. The van der Waals surface area contributed by atoms with E-state index in [0.717, 1.165) is 103 Å². The van der Waals surface area contributed by atoms with Gasteiger partial charge in [0.05, 0.1) is 13.2 Å². The van der Waals surface area contributed by atoms with Crippen molar-refractivity contribution in [2.24, 2.45) is 0 Å². The fourth-order valence-electron chi connectivity index (χ4n) is 4.05. The SMILES string of the molecule is O=C(O)c1cc(OCCCCCCCCCCO)c(C(=O)O)cc1OCCCCCCCCCCO. The molecular formula is C28H46O8. The van der Waals surface area contributed by atoms with Gasteiger partial charge in [-0.3, -0.25) is 0 Å². The topological polar surface area (TPSA) is 134 Å². The summed E-state index contributed by atoms with van der Waals surface area (Å²) in [4.78, 5) is 23.5. The Morgan fingerprint density at radius 3 is 1.06 bits per heavy atom. The van der Waals surface area contributed by atoms with Gasteiger partial charge in [0.2, 0.25) is 0 Å². The summed E-state index contributed by atoms with van der Waals surface area (Å²) in [6.45, 7) is 1.15. The van der Waals surface area contributed by atoms with Gasteiger partial charge in [-0.1, -0.05) is 77.0 Å². The summed E-state index contributed by atoms with van der Waals surface area (Å²) in [6, 6.07) is 2.52. The third-order valence-corrected chi connectivity index (χ3v) is 6.16. The van der Waals surface area contributed by atoms with Crippen LogP contribution in [0.3, 0.4) is 0 Å². The van der Waals surface area contributed by atoms with Gasteiger partial charge in [0, 0.05) is 13.2 Å². The van der Waals surface area contributed by atoms with E-state index in [2.05, 4.69) is 0 Å². The van der Waals surface area contributed by atoms with Crippen molar-refractivity contribution in [1.29, 1.82) is 0 Å². The normalized spacial score (nSPS) is 10.9. The molecule has 0 saturated carbocycles. The Morgan fingerprint density at radius 1 is 0.500 bits per heavy atom. The molecule has 0 unspecified atom stereocenters. The van der Waals surface area contributed by atoms with E-state index < -0.39 is 11.9 Å². The lowest BCUT2D eigenvalue weighted by Gasteiger charge is -2.14. The first-order valence-electron chi connectivity index (χ1n) is 13.6. The van der Waals surface area contributed by atoms with Crippen molar-refractivity contribution in [3.8, 4) is 11.5 Å². The van der Waals surface area contributed by atoms with E-state index in [-0.39, 0.29) is 35.8 Å². The molecule has 0 spiro atoms. The highest BCUT2D eigenvalue weighted by molar-refractivity contribution is 5.97. The third kappa shape index (κ3) is 14.3. The van der Waals surface area contributed by atoms with Crippen LogP contribution in [0.2, 0.25) is 0 Å². The quantitative estimate of drug-likeness (QED) is 0.123. The van der Waals surface area contributed by atoms with Gasteiger partial charge < -0.3 is 29.9 Å². The Hall–Kier alpha value is -2.32.